The molecule has 1 saturated heterocycles. The van der Waals surface area contributed by atoms with Gasteiger partial charge >= 0.3 is 0 Å². The van der Waals surface area contributed by atoms with Crippen LogP contribution in [0, 0.1) is 0 Å². The van der Waals surface area contributed by atoms with Gasteiger partial charge in [0.1, 0.15) is 10.0 Å². The van der Waals surface area contributed by atoms with Gasteiger partial charge in [0.15, 0.2) is 0 Å². The van der Waals surface area contributed by atoms with Crippen LogP contribution in [0.2, 0.25) is 5.15 Å². The first-order valence-electron chi connectivity index (χ1n) is 6.83. The summed E-state index contributed by atoms with van der Waals surface area (Å²) >= 11 is 5.63. The monoisotopic (exact) mass is 331 g/mol. The molecule has 0 aromatic carbocycles. The number of hydrogen-bond donors (Lipinski definition) is 1. The Bertz CT molecular complexity index is 598. The second-order valence-electron chi connectivity index (χ2n) is 5.05. The van der Waals surface area contributed by atoms with Crippen molar-refractivity contribution in [3.05, 3.63) is 23.5 Å². The molecule has 1 N–H and O–H groups in total. The number of carbonyl (C=O) groups excluding carboxylic acids is 1. The molecule has 2 heterocycles. The fourth-order valence-corrected chi connectivity index (χ4v) is 3.51. The van der Waals surface area contributed by atoms with Crippen molar-refractivity contribution in [1.82, 2.24) is 14.6 Å². The van der Waals surface area contributed by atoms with Gasteiger partial charge in [-0.05, 0) is 38.3 Å². The van der Waals surface area contributed by atoms with Gasteiger partial charge < -0.3 is 4.90 Å². The average Bonchev–Trinajstić information content (AvgIpc) is 2.47. The third-order valence-electron chi connectivity index (χ3n) is 3.38. The molecule has 1 fully saturated rings. The van der Waals surface area contributed by atoms with Crippen LogP contribution in [0.5, 0.6) is 0 Å². The molecule has 2 rings (SSSR count). The van der Waals surface area contributed by atoms with Crippen molar-refractivity contribution in [1.29, 1.82) is 0 Å². The highest BCUT2D eigenvalue weighted by molar-refractivity contribution is 7.89. The van der Waals surface area contributed by atoms with Gasteiger partial charge in [-0.3, -0.25) is 4.79 Å². The van der Waals surface area contributed by atoms with Crippen molar-refractivity contribution in [3.63, 3.8) is 0 Å². The van der Waals surface area contributed by atoms with Crippen LogP contribution in [-0.4, -0.2) is 43.3 Å². The number of likely N-dealkylation sites (tertiary alicyclic amines) is 1. The number of sulfonamides is 1. The average molecular weight is 332 g/mol. The minimum Gasteiger partial charge on any atom is -0.341 e. The smallest absolute Gasteiger partial charge is 0.242 e. The quantitative estimate of drug-likeness (QED) is 0.846. The Labute approximate surface area is 129 Å². The number of rotatable bonds is 4. The van der Waals surface area contributed by atoms with Gasteiger partial charge in [-0.25, -0.2) is 13.4 Å². The maximum Gasteiger partial charge on any atom is 0.242 e. The molecule has 1 unspecified atom stereocenters. The van der Waals surface area contributed by atoms with E-state index in [1.54, 1.807) is 11.8 Å². The van der Waals surface area contributed by atoms with Gasteiger partial charge in [-0.1, -0.05) is 11.6 Å². The number of nitrogens with zero attached hydrogens (tertiary/aromatic N) is 2. The standard InChI is InChI=1S/C13H18ClN3O3S/c1-10(13(18)17-7-3-2-4-8-17)16-21(19,20)11-5-6-12(14)15-9-11/h5-6,9-10,16H,2-4,7-8H2,1H3. The molecule has 1 aliphatic rings. The Hall–Kier alpha value is -1.18. The van der Waals surface area contributed by atoms with Crippen LogP contribution >= 0.6 is 11.6 Å². The molecule has 1 atom stereocenters. The third kappa shape index (κ3) is 4.15. The van der Waals surface area contributed by atoms with Crippen molar-refractivity contribution in [2.24, 2.45) is 0 Å². The third-order valence-corrected chi connectivity index (χ3v) is 5.13. The maximum absolute atomic E-state index is 12.2. The molecule has 1 aliphatic heterocycles. The van der Waals surface area contributed by atoms with Gasteiger partial charge in [0.2, 0.25) is 15.9 Å². The van der Waals surface area contributed by atoms with Gasteiger partial charge in [-0.2, -0.15) is 4.72 Å². The predicted octanol–water partition coefficient (Wildman–Crippen LogP) is 1.41. The van der Waals surface area contributed by atoms with Crippen molar-refractivity contribution < 1.29 is 13.2 Å². The number of hydrogen-bond acceptors (Lipinski definition) is 4. The van der Waals surface area contributed by atoms with Crippen molar-refractivity contribution in [2.75, 3.05) is 13.1 Å². The van der Waals surface area contributed by atoms with Crippen LogP contribution in [0.4, 0.5) is 0 Å². The number of piperidine rings is 1. The lowest BCUT2D eigenvalue weighted by atomic mass is 10.1. The molecule has 0 saturated carbocycles. The van der Waals surface area contributed by atoms with Crippen LogP contribution in [0.25, 0.3) is 0 Å². The Balaban J connectivity index is 2.05. The first-order valence-corrected chi connectivity index (χ1v) is 8.69. The molecule has 116 valence electrons. The van der Waals surface area contributed by atoms with Crippen molar-refractivity contribution in [2.45, 2.75) is 37.1 Å². The fraction of sp³-hybridized carbons (Fsp3) is 0.538. The summed E-state index contributed by atoms with van der Waals surface area (Å²) in [5.41, 5.74) is 0. The van der Waals surface area contributed by atoms with Crippen molar-refractivity contribution in [3.8, 4) is 0 Å². The molecule has 1 aromatic heterocycles. The normalized spacial score (nSPS) is 17.5. The van der Waals surface area contributed by atoms with E-state index in [4.69, 9.17) is 11.6 Å². The van der Waals surface area contributed by atoms with Gasteiger partial charge in [-0.15, -0.1) is 0 Å². The Kier molecular flexibility index (Phi) is 5.18. The van der Waals surface area contributed by atoms with Gasteiger partial charge in [0, 0.05) is 19.3 Å². The Morgan fingerprint density at radius 1 is 1.33 bits per heavy atom. The molecular weight excluding hydrogens is 314 g/mol. The lowest BCUT2D eigenvalue weighted by molar-refractivity contribution is -0.133. The molecule has 0 radical (unpaired) electrons. The van der Waals surface area contributed by atoms with Crippen LogP contribution in [0.1, 0.15) is 26.2 Å². The highest BCUT2D eigenvalue weighted by Gasteiger charge is 2.26. The lowest BCUT2D eigenvalue weighted by Gasteiger charge is -2.29. The summed E-state index contributed by atoms with van der Waals surface area (Å²) in [5, 5.41) is 0.214. The highest BCUT2D eigenvalue weighted by atomic mass is 35.5. The summed E-state index contributed by atoms with van der Waals surface area (Å²) in [6.45, 7) is 2.93. The van der Waals surface area contributed by atoms with E-state index in [1.807, 2.05) is 0 Å². The Morgan fingerprint density at radius 2 is 2.00 bits per heavy atom. The van der Waals surface area contributed by atoms with E-state index in [2.05, 4.69) is 9.71 Å². The minimum absolute atomic E-state index is 0.00908. The molecule has 0 aliphatic carbocycles. The Morgan fingerprint density at radius 3 is 2.57 bits per heavy atom. The minimum atomic E-state index is -3.78. The van der Waals surface area contributed by atoms with Gasteiger partial charge in [0.05, 0.1) is 6.04 Å². The number of pyridine rings is 1. The molecule has 6 nitrogen and oxygen atoms in total. The van der Waals surface area contributed by atoms with Crippen LogP contribution in [0.3, 0.4) is 0 Å². The largest absolute Gasteiger partial charge is 0.341 e. The maximum atomic E-state index is 12.2. The van der Waals surface area contributed by atoms with E-state index < -0.39 is 16.1 Å². The van der Waals surface area contributed by atoms with E-state index in [-0.39, 0.29) is 16.0 Å². The van der Waals surface area contributed by atoms with E-state index in [0.29, 0.717) is 13.1 Å². The second-order valence-corrected chi connectivity index (χ2v) is 7.15. The number of amides is 1. The van der Waals surface area contributed by atoms with E-state index in [1.165, 1.54) is 18.3 Å². The zero-order chi connectivity index (χ0) is 15.5. The molecule has 1 amide bonds. The molecule has 0 spiro atoms. The summed E-state index contributed by atoms with van der Waals surface area (Å²) in [7, 11) is -3.78. The van der Waals surface area contributed by atoms with Crippen molar-refractivity contribution >= 4 is 27.5 Å². The zero-order valence-electron chi connectivity index (χ0n) is 11.8. The number of nitrogens with one attached hydrogen (secondary N) is 1. The topological polar surface area (TPSA) is 79.4 Å². The molecule has 21 heavy (non-hydrogen) atoms. The number of aromatic nitrogens is 1. The van der Waals surface area contributed by atoms with E-state index in [0.717, 1.165) is 19.3 Å². The van der Waals surface area contributed by atoms with Gasteiger partial charge in [0.25, 0.3) is 0 Å². The molecule has 1 aromatic rings. The lowest BCUT2D eigenvalue weighted by Crippen LogP contribution is -2.48. The summed E-state index contributed by atoms with van der Waals surface area (Å²) in [4.78, 5) is 17.7. The van der Waals surface area contributed by atoms with Crippen LogP contribution in [-0.2, 0) is 14.8 Å². The number of halogens is 1. The SMILES string of the molecule is CC(NS(=O)(=O)c1ccc(Cl)nc1)C(=O)N1CCCCC1. The highest BCUT2D eigenvalue weighted by Crippen LogP contribution is 2.13. The molecular formula is C13H18ClN3O3S. The fourth-order valence-electron chi connectivity index (χ4n) is 2.26. The predicted molar refractivity (Wildman–Crippen MR) is 79.5 cm³/mol. The number of carbonyl (C=O) groups is 1. The molecule has 0 bridgehead atoms. The first kappa shape index (κ1) is 16.2. The van der Waals surface area contributed by atoms with Crippen LogP contribution < -0.4 is 4.72 Å². The zero-order valence-corrected chi connectivity index (χ0v) is 13.3. The van der Waals surface area contributed by atoms with E-state index >= 15 is 0 Å². The summed E-state index contributed by atoms with van der Waals surface area (Å²) in [6, 6.07) is 1.95. The summed E-state index contributed by atoms with van der Waals surface area (Å²) in [5.74, 6) is -0.194. The summed E-state index contributed by atoms with van der Waals surface area (Å²) in [6.07, 6.45) is 4.21. The van der Waals surface area contributed by atoms with E-state index in [9.17, 15) is 13.2 Å². The molecule has 8 heteroatoms. The van der Waals surface area contributed by atoms with Crippen LogP contribution in [0.15, 0.2) is 23.2 Å². The summed E-state index contributed by atoms with van der Waals surface area (Å²) < 4.78 is 26.7. The second kappa shape index (κ2) is 6.72. The first-order chi connectivity index (χ1) is 9.90.